The molecule has 9 heteroatoms. The van der Waals surface area contributed by atoms with Crippen LogP contribution in [0, 0.1) is 0 Å². The van der Waals surface area contributed by atoms with Gasteiger partial charge in [0, 0.05) is 35.3 Å². The number of fused-ring (bicyclic) bond motifs is 1. The lowest BCUT2D eigenvalue weighted by Crippen LogP contribution is -2.28. The number of ether oxygens (including phenoxy) is 4. The molecule has 170 valence electrons. The molecule has 1 N–H and O–H groups in total. The number of nitrogens with zero attached hydrogens (tertiary/aromatic N) is 2. The second kappa shape index (κ2) is 9.20. The van der Waals surface area contributed by atoms with Crippen LogP contribution in [0.5, 0.6) is 28.7 Å². The van der Waals surface area contributed by atoms with Crippen molar-refractivity contribution in [3.8, 4) is 28.7 Å². The zero-order chi connectivity index (χ0) is 22.8. The molecule has 1 atom stereocenters. The molecule has 1 saturated carbocycles. The van der Waals surface area contributed by atoms with Gasteiger partial charge < -0.3 is 24.1 Å². The zero-order valence-electron chi connectivity index (χ0n) is 18.6. The first-order valence-electron chi connectivity index (χ1n) is 10.3. The quantitative estimate of drug-likeness (QED) is 0.492. The maximum atomic E-state index is 13.3. The monoisotopic (exact) mass is 459 g/mol. The number of rotatable bonds is 9. The van der Waals surface area contributed by atoms with Gasteiger partial charge in [-0.2, -0.15) is 0 Å². The number of pyridine rings is 2. The van der Waals surface area contributed by atoms with Crippen molar-refractivity contribution in [2.75, 3.05) is 39.9 Å². The van der Waals surface area contributed by atoms with Crippen LogP contribution in [-0.4, -0.2) is 54.6 Å². The third-order valence-electron chi connectivity index (χ3n) is 5.46. The summed E-state index contributed by atoms with van der Waals surface area (Å²) in [7, 11) is 4.11. The van der Waals surface area contributed by atoms with Gasteiger partial charge in [-0.3, -0.25) is 9.36 Å². The Labute approximate surface area is 189 Å². The van der Waals surface area contributed by atoms with E-state index in [1.54, 1.807) is 50.3 Å². The highest BCUT2D eigenvalue weighted by atomic mass is 32.2. The molecule has 0 aliphatic heterocycles. The summed E-state index contributed by atoms with van der Waals surface area (Å²) in [6.45, 7) is 0.353. The van der Waals surface area contributed by atoms with E-state index in [0.29, 0.717) is 51.3 Å². The van der Waals surface area contributed by atoms with Crippen molar-refractivity contribution in [1.29, 1.82) is 0 Å². The highest BCUT2D eigenvalue weighted by Gasteiger charge is 2.34. The Morgan fingerprint density at radius 3 is 2.44 bits per heavy atom. The molecule has 2 aromatic heterocycles. The van der Waals surface area contributed by atoms with E-state index >= 15 is 0 Å². The molecule has 1 fully saturated rings. The normalized spacial score (nSPS) is 14.2. The van der Waals surface area contributed by atoms with Crippen LogP contribution in [0.2, 0.25) is 0 Å². The summed E-state index contributed by atoms with van der Waals surface area (Å²) < 4.78 is 23.7. The predicted molar refractivity (Wildman–Crippen MR) is 124 cm³/mol. The van der Waals surface area contributed by atoms with Gasteiger partial charge in [0.2, 0.25) is 5.75 Å². The average Bonchev–Trinajstić information content (AvgIpc) is 3.63. The highest BCUT2D eigenvalue weighted by Crippen LogP contribution is 2.41. The van der Waals surface area contributed by atoms with Gasteiger partial charge in [0.25, 0.3) is 4.90 Å². The van der Waals surface area contributed by atoms with Crippen LogP contribution in [0.4, 0.5) is 0 Å². The summed E-state index contributed by atoms with van der Waals surface area (Å²) in [6.07, 6.45) is 5.51. The van der Waals surface area contributed by atoms with E-state index in [4.69, 9.17) is 18.9 Å². The molecule has 3 aromatic rings. The average molecular weight is 460 g/mol. The Hall–Kier alpha value is -3.07. The minimum absolute atomic E-state index is 0.0219. The fourth-order valence-electron chi connectivity index (χ4n) is 3.72. The Kier molecular flexibility index (Phi) is 6.36. The van der Waals surface area contributed by atoms with Crippen molar-refractivity contribution in [2.45, 2.75) is 23.8 Å². The van der Waals surface area contributed by atoms with E-state index in [9.17, 15) is 9.90 Å². The summed E-state index contributed by atoms with van der Waals surface area (Å²) in [4.78, 5) is 18.1. The van der Waals surface area contributed by atoms with Crippen LogP contribution in [0.25, 0.3) is 11.0 Å². The molecule has 0 radical (unpaired) electrons. The van der Waals surface area contributed by atoms with Crippen LogP contribution in [0.15, 0.2) is 40.2 Å². The van der Waals surface area contributed by atoms with Gasteiger partial charge in [0.1, 0.15) is 30.0 Å². The molecule has 0 spiro atoms. The highest BCUT2D eigenvalue weighted by molar-refractivity contribution is 7.96. The van der Waals surface area contributed by atoms with Gasteiger partial charge in [-0.05, 0) is 25.0 Å². The molecule has 1 aliphatic rings. The summed E-state index contributed by atoms with van der Waals surface area (Å²) in [5, 5.41) is 11.5. The number of benzene rings is 1. The van der Waals surface area contributed by atoms with Gasteiger partial charge in [-0.15, -0.1) is 0 Å². The first kappa shape index (κ1) is 22.1. The molecule has 4 rings (SSSR count). The Bertz CT molecular complexity index is 1170. The summed E-state index contributed by atoms with van der Waals surface area (Å²) in [6, 6.07) is 7.20. The fourth-order valence-corrected chi connectivity index (χ4v) is 5.09. The van der Waals surface area contributed by atoms with E-state index in [1.165, 1.54) is 0 Å². The standard InChI is InChI=1S/C23H26N2O6S/c1-28-17-12-15(13-18(29-2)20(17)30-3)31-10-11-32(4)21-19(26)16-6-5-9-24-22(16)25(23(21)27)14-7-8-14/h5-6,9,12-14H,7-8,10-11H2,1-4H3/p+1. The van der Waals surface area contributed by atoms with Crippen molar-refractivity contribution >= 4 is 21.9 Å². The molecular weight excluding hydrogens is 432 g/mol. The molecule has 1 aliphatic carbocycles. The Morgan fingerprint density at radius 2 is 1.84 bits per heavy atom. The van der Waals surface area contributed by atoms with Crippen LogP contribution >= 0.6 is 0 Å². The second-order valence-electron chi connectivity index (χ2n) is 7.51. The van der Waals surface area contributed by atoms with E-state index in [2.05, 4.69) is 4.98 Å². The van der Waals surface area contributed by atoms with Gasteiger partial charge in [-0.25, -0.2) is 4.98 Å². The van der Waals surface area contributed by atoms with E-state index in [0.717, 1.165) is 12.8 Å². The summed E-state index contributed by atoms with van der Waals surface area (Å²) in [5.74, 6) is 2.66. The molecule has 0 amide bonds. The van der Waals surface area contributed by atoms with Crippen molar-refractivity contribution in [3.05, 3.63) is 40.8 Å². The molecular formula is C23H27N2O6S+. The first-order chi connectivity index (χ1) is 15.5. The number of aromatic nitrogens is 2. The van der Waals surface area contributed by atoms with Crippen molar-refractivity contribution < 1.29 is 24.1 Å². The van der Waals surface area contributed by atoms with Crippen LogP contribution in [0.3, 0.4) is 0 Å². The smallest absolute Gasteiger partial charge is 0.311 e. The third kappa shape index (κ3) is 4.04. The second-order valence-corrected chi connectivity index (χ2v) is 9.60. The number of methoxy groups -OCH3 is 3. The largest absolute Gasteiger partial charge is 0.503 e. The van der Waals surface area contributed by atoms with Crippen molar-refractivity contribution in [3.63, 3.8) is 0 Å². The Balaban J connectivity index is 1.57. The molecule has 8 nitrogen and oxygen atoms in total. The maximum Gasteiger partial charge on any atom is 0.311 e. The first-order valence-corrected chi connectivity index (χ1v) is 12.1. The predicted octanol–water partition coefficient (Wildman–Crippen LogP) is 3.15. The summed E-state index contributed by atoms with van der Waals surface area (Å²) in [5.41, 5.74) is 0.391. The molecule has 0 saturated heterocycles. The molecule has 0 bridgehead atoms. The van der Waals surface area contributed by atoms with Crippen LogP contribution in [0.1, 0.15) is 18.9 Å². The van der Waals surface area contributed by atoms with Crippen LogP contribution < -0.4 is 24.5 Å². The maximum absolute atomic E-state index is 13.3. The lowest BCUT2D eigenvalue weighted by atomic mass is 10.2. The Morgan fingerprint density at radius 1 is 1.16 bits per heavy atom. The van der Waals surface area contributed by atoms with Crippen molar-refractivity contribution in [2.24, 2.45) is 0 Å². The minimum Gasteiger partial charge on any atom is -0.503 e. The topological polar surface area (TPSA) is 92.0 Å². The van der Waals surface area contributed by atoms with E-state index in [-0.39, 0.29) is 17.4 Å². The zero-order valence-corrected chi connectivity index (χ0v) is 19.4. The van der Waals surface area contributed by atoms with Gasteiger partial charge in [0.15, 0.2) is 17.2 Å². The minimum atomic E-state index is -0.529. The molecule has 1 aromatic carbocycles. The van der Waals surface area contributed by atoms with Crippen LogP contribution in [-0.2, 0) is 10.9 Å². The van der Waals surface area contributed by atoms with Gasteiger partial charge in [0.05, 0.1) is 26.7 Å². The lowest BCUT2D eigenvalue weighted by molar-refractivity contribution is 0.309. The lowest BCUT2D eigenvalue weighted by Gasteiger charge is -2.15. The molecule has 1 unspecified atom stereocenters. The van der Waals surface area contributed by atoms with E-state index < -0.39 is 10.9 Å². The number of hydrogen-bond acceptors (Lipinski definition) is 7. The number of aromatic hydroxyl groups is 1. The molecule has 2 heterocycles. The van der Waals surface area contributed by atoms with E-state index in [1.807, 2.05) is 12.3 Å². The number of hydrogen-bond donors (Lipinski definition) is 1. The van der Waals surface area contributed by atoms with Gasteiger partial charge >= 0.3 is 5.56 Å². The van der Waals surface area contributed by atoms with Crippen molar-refractivity contribution in [1.82, 2.24) is 9.55 Å². The summed E-state index contributed by atoms with van der Waals surface area (Å²) >= 11 is 0. The fraction of sp³-hybridized carbons (Fsp3) is 0.391. The SMILES string of the molecule is COc1cc(OCC[S+](C)c2c(O)c3cccnc3n(C3CC3)c2=O)cc(OC)c1OC. The third-order valence-corrected chi connectivity index (χ3v) is 7.30. The molecule has 32 heavy (non-hydrogen) atoms. The van der Waals surface area contributed by atoms with Gasteiger partial charge in [-0.1, -0.05) is 0 Å².